The zero-order chi connectivity index (χ0) is 19.0. The van der Waals surface area contributed by atoms with Crippen LogP contribution in [-0.4, -0.2) is 31.6 Å². The van der Waals surface area contributed by atoms with Crippen LogP contribution in [0.25, 0.3) is 5.57 Å². The summed E-state index contributed by atoms with van der Waals surface area (Å²) in [7, 11) is 0. The summed E-state index contributed by atoms with van der Waals surface area (Å²) in [4.78, 5) is 8.04. The summed E-state index contributed by atoms with van der Waals surface area (Å²) in [6, 6.07) is 1.74. The molecule has 134 valence electrons. The Morgan fingerprint density at radius 2 is 1.69 bits per heavy atom. The van der Waals surface area contributed by atoms with E-state index in [4.69, 9.17) is 23.2 Å². The van der Waals surface area contributed by atoms with Gasteiger partial charge in [-0.2, -0.15) is 0 Å². The Kier molecular flexibility index (Phi) is 3.69. The lowest BCUT2D eigenvalue weighted by molar-refractivity contribution is -0.363. The summed E-state index contributed by atoms with van der Waals surface area (Å²) in [6.07, 6.45) is 3.00. The number of fused-ring (bicyclic) bond motifs is 2. The predicted octanol–water partition coefficient (Wildman–Crippen LogP) is 4.63. The van der Waals surface area contributed by atoms with Gasteiger partial charge in [0.25, 0.3) is 0 Å². The second-order valence-corrected chi connectivity index (χ2v) is 7.38. The zero-order valence-electron chi connectivity index (χ0n) is 14.6. The molecular formula is C17H15BCl2F2N4. The lowest BCUT2D eigenvalue weighted by Gasteiger charge is -2.34. The number of aryl methyl sites for hydroxylation is 2. The van der Waals surface area contributed by atoms with Crippen molar-refractivity contribution < 1.29 is 13.1 Å². The molecule has 0 saturated carbocycles. The van der Waals surface area contributed by atoms with E-state index in [1.54, 1.807) is 39.8 Å². The van der Waals surface area contributed by atoms with Gasteiger partial charge in [0.2, 0.25) is 0 Å². The highest BCUT2D eigenvalue weighted by Gasteiger charge is 2.55. The summed E-state index contributed by atoms with van der Waals surface area (Å²) in [6.45, 7) is 2.91. The predicted molar refractivity (Wildman–Crippen MR) is 100 cm³/mol. The van der Waals surface area contributed by atoms with Crippen molar-refractivity contribution in [2.75, 3.05) is 0 Å². The fourth-order valence-electron chi connectivity index (χ4n) is 4.09. The van der Waals surface area contributed by atoms with Crippen LogP contribution in [0.1, 0.15) is 36.4 Å². The second-order valence-electron chi connectivity index (χ2n) is 6.67. The molecule has 0 N–H and O–H groups in total. The van der Waals surface area contributed by atoms with Crippen LogP contribution in [0, 0.1) is 13.8 Å². The average molecular weight is 395 g/mol. The van der Waals surface area contributed by atoms with Crippen molar-refractivity contribution in [1.29, 1.82) is 0 Å². The van der Waals surface area contributed by atoms with Crippen LogP contribution in [0.3, 0.4) is 0 Å². The van der Waals surface area contributed by atoms with Crippen LogP contribution in [0.5, 0.6) is 0 Å². The maximum Gasteiger partial charge on any atom is 0.737 e. The Morgan fingerprint density at radius 3 is 2.31 bits per heavy atom. The largest absolute Gasteiger partial charge is 0.737 e. The number of halogens is 4. The molecule has 0 saturated heterocycles. The number of rotatable bonds is 1. The van der Waals surface area contributed by atoms with Crippen molar-refractivity contribution in [3.05, 3.63) is 62.6 Å². The number of hydrogen-bond donors (Lipinski definition) is 0. The minimum atomic E-state index is -4.04. The van der Waals surface area contributed by atoms with Gasteiger partial charge >= 0.3 is 6.97 Å². The zero-order valence-corrected chi connectivity index (χ0v) is 16.1. The van der Waals surface area contributed by atoms with Crippen molar-refractivity contribution in [2.24, 2.45) is 0 Å². The van der Waals surface area contributed by atoms with E-state index in [0.717, 1.165) is 20.1 Å². The minimum Gasteiger partial charge on any atom is -0.393 e. The lowest BCUT2D eigenvalue weighted by Crippen LogP contribution is -2.51. The molecule has 0 bridgehead atoms. The molecule has 2 aliphatic rings. The molecule has 4 nitrogen and oxygen atoms in total. The first-order valence-corrected chi connectivity index (χ1v) is 8.85. The van der Waals surface area contributed by atoms with E-state index in [0.29, 0.717) is 33.9 Å². The van der Waals surface area contributed by atoms with Crippen molar-refractivity contribution in [2.45, 2.75) is 27.7 Å². The van der Waals surface area contributed by atoms with Gasteiger partial charge in [-0.05, 0) is 38.1 Å². The highest BCUT2D eigenvalue weighted by atomic mass is 35.5. The standard InChI is InChI=1S/C17H15BCl2F2N4/c1-8-5-10(3)25-14(8)12(13-16(19)23-7-24-17(13)20)15-9(2)6-11(4)26(15)18(25,21)22/h5-7H,1-4H3. The molecule has 0 fully saturated rings. The molecule has 2 aromatic rings. The second kappa shape index (κ2) is 5.50. The van der Waals surface area contributed by atoms with Crippen molar-refractivity contribution >= 4 is 41.5 Å². The molecule has 2 aromatic heterocycles. The van der Waals surface area contributed by atoms with E-state index >= 15 is 8.63 Å². The van der Waals surface area contributed by atoms with Gasteiger partial charge in [0.05, 0.1) is 11.1 Å². The molecule has 0 atom stereocenters. The molecule has 0 amide bonds. The third-order valence-corrected chi connectivity index (χ3v) is 5.51. The molecule has 0 radical (unpaired) electrons. The number of allylic oxidation sites excluding steroid dienone is 2. The van der Waals surface area contributed by atoms with Gasteiger partial charge in [-0.1, -0.05) is 23.2 Å². The van der Waals surface area contributed by atoms with E-state index in [1.165, 1.54) is 6.33 Å². The fourth-order valence-corrected chi connectivity index (χ4v) is 4.59. The molecule has 0 aromatic carbocycles. The third-order valence-electron chi connectivity index (χ3n) is 4.94. The lowest BCUT2D eigenvalue weighted by atomic mass is 9.84. The molecule has 0 aliphatic carbocycles. The SMILES string of the molecule is CC1=CC(C)=[N+]2C1=C(c1c(Cl)ncnc1Cl)c1c(C)cc(C)n1[B-]2(F)F. The first-order valence-electron chi connectivity index (χ1n) is 8.09. The molecule has 26 heavy (non-hydrogen) atoms. The Bertz CT molecular complexity index is 1060. The summed E-state index contributed by atoms with van der Waals surface area (Å²) in [5.41, 5.74) is 4.09. The molecule has 0 unspecified atom stereocenters. The Hall–Kier alpha value is -1.99. The molecule has 9 heteroatoms. The fraction of sp³-hybridized carbons (Fsp3) is 0.235. The molecule has 4 heterocycles. The first kappa shape index (κ1) is 17.4. The van der Waals surface area contributed by atoms with Crippen LogP contribution in [0.4, 0.5) is 8.63 Å². The molecule has 2 aliphatic heterocycles. The Morgan fingerprint density at radius 1 is 1.08 bits per heavy atom. The maximum absolute atomic E-state index is 15.5. The number of hydrogen-bond acceptors (Lipinski definition) is 2. The van der Waals surface area contributed by atoms with E-state index in [2.05, 4.69) is 9.97 Å². The van der Waals surface area contributed by atoms with Crippen LogP contribution >= 0.6 is 23.2 Å². The topological polar surface area (TPSA) is 33.7 Å². The quantitative estimate of drug-likeness (QED) is 0.521. The Labute approximate surface area is 159 Å². The first-order chi connectivity index (χ1) is 12.2. The Balaban J connectivity index is 2.24. The highest BCUT2D eigenvalue weighted by Crippen LogP contribution is 2.46. The normalized spacial score (nSPS) is 18.2. The van der Waals surface area contributed by atoms with E-state index < -0.39 is 6.97 Å². The third kappa shape index (κ3) is 2.10. The van der Waals surface area contributed by atoms with Crippen molar-refractivity contribution in [1.82, 2.24) is 14.4 Å². The minimum absolute atomic E-state index is 0.132. The monoisotopic (exact) mass is 394 g/mol. The number of nitrogens with zero attached hydrogens (tertiary/aromatic N) is 4. The van der Waals surface area contributed by atoms with E-state index in [1.807, 2.05) is 0 Å². The highest BCUT2D eigenvalue weighted by molar-refractivity contribution is 6.58. The average Bonchev–Trinajstić information content (AvgIpc) is 2.99. The van der Waals surface area contributed by atoms with Crippen LogP contribution in [-0.2, 0) is 0 Å². The summed E-state index contributed by atoms with van der Waals surface area (Å²) in [5, 5.41) is 0.264. The van der Waals surface area contributed by atoms with Crippen LogP contribution in [0.15, 0.2) is 29.7 Å². The summed E-state index contributed by atoms with van der Waals surface area (Å²) in [5.74, 6) is 0. The van der Waals surface area contributed by atoms with Gasteiger partial charge < -0.3 is 17.6 Å². The van der Waals surface area contributed by atoms with Crippen molar-refractivity contribution in [3.63, 3.8) is 0 Å². The van der Waals surface area contributed by atoms with Crippen molar-refractivity contribution in [3.8, 4) is 0 Å². The summed E-state index contributed by atoms with van der Waals surface area (Å²) >= 11 is 12.7. The van der Waals surface area contributed by atoms with E-state index in [-0.39, 0.29) is 10.3 Å². The molecule has 4 rings (SSSR count). The van der Waals surface area contributed by atoms with E-state index in [9.17, 15) is 0 Å². The van der Waals surface area contributed by atoms with Crippen LogP contribution < -0.4 is 0 Å². The van der Waals surface area contributed by atoms with Gasteiger partial charge in [-0.3, -0.25) is 0 Å². The van der Waals surface area contributed by atoms with Crippen LogP contribution in [0.2, 0.25) is 10.3 Å². The molecule has 0 spiro atoms. The smallest absolute Gasteiger partial charge is 0.393 e. The van der Waals surface area contributed by atoms with Gasteiger partial charge in [0.1, 0.15) is 22.3 Å². The van der Waals surface area contributed by atoms with Gasteiger partial charge in [0, 0.05) is 24.3 Å². The van der Waals surface area contributed by atoms with Gasteiger partial charge in [0.15, 0.2) is 5.70 Å². The van der Waals surface area contributed by atoms with Gasteiger partial charge in [-0.25, -0.2) is 9.97 Å². The maximum atomic E-state index is 15.5. The number of aromatic nitrogens is 3. The van der Waals surface area contributed by atoms with Gasteiger partial charge in [-0.15, -0.1) is 0 Å². The molecular weight excluding hydrogens is 380 g/mol. The summed E-state index contributed by atoms with van der Waals surface area (Å²) < 4.78 is 33.2.